The molecule has 0 N–H and O–H groups in total. The summed E-state index contributed by atoms with van der Waals surface area (Å²) in [6.45, 7) is 9.66. The number of hydrogen-bond acceptors (Lipinski definition) is 2. The molecule has 0 bridgehead atoms. The minimum atomic E-state index is -0.470. The van der Waals surface area contributed by atoms with Gasteiger partial charge in [-0.05, 0) is 40.2 Å². The molecule has 3 unspecified atom stereocenters. The summed E-state index contributed by atoms with van der Waals surface area (Å²) in [6.07, 6.45) is 1.39. The summed E-state index contributed by atoms with van der Waals surface area (Å²) in [7, 11) is 0. The van der Waals surface area contributed by atoms with E-state index in [1.165, 1.54) is 0 Å². The summed E-state index contributed by atoms with van der Waals surface area (Å²) in [4.78, 5) is 12.1. The van der Waals surface area contributed by atoms with Gasteiger partial charge in [-0.2, -0.15) is 0 Å². The number of carbonyl (C=O) groups is 1. The van der Waals surface area contributed by atoms with Crippen LogP contribution in [0, 0.1) is 19.8 Å². The Balaban J connectivity index is 2.24. The first-order valence-electron chi connectivity index (χ1n) is 6.88. The minimum absolute atomic E-state index is 0.0109. The number of alkyl halides is 1. The number of rotatable bonds is 4. The third kappa shape index (κ3) is 2.87. The summed E-state index contributed by atoms with van der Waals surface area (Å²) in [5, 5.41) is -0.470. The maximum Gasteiger partial charge on any atom is 0.182 e. The monoisotopic (exact) mass is 283 g/mol. The Hall–Kier alpha value is -0.800. The smallest absolute Gasteiger partial charge is 0.182 e. The molecule has 2 rings (SSSR count). The van der Waals surface area contributed by atoms with Gasteiger partial charge in [-0.15, -0.1) is 11.6 Å². The number of aromatic nitrogens is 1. The first-order chi connectivity index (χ1) is 8.91. The third-order valence-corrected chi connectivity index (χ3v) is 4.35. The van der Waals surface area contributed by atoms with E-state index in [2.05, 4.69) is 11.5 Å². The lowest BCUT2D eigenvalue weighted by Gasteiger charge is -2.18. The summed E-state index contributed by atoms with van der Waals surface area (Å²) in [5.41, 5.74) is 2.90. The summed E-state index contributed by atoms with van der Waals surface area (Å²) >= 11 is 5.91. The third-order valence-electron chi connectivity index (χ3n) is 4.15. The van der Waals surface area contributed by atoms with Gasteiger partial charge >= 0.3 is 0 Å². The second kappa shape index (κ2) is 5.68. The number of hydrogen-bond donors (Lipinski definition) is 0. The normalized spacial score (nSPS) is 24.7. The van der Waals surface area contributed by atoms with E-state index in [1.807, 2.05) is 19.9 Å². The Morgan fingerprint density at radius 1 is 1.58 bits per heavy atom. The highest BCUT2D eigenvalue weighted by molar-refractivity contribution is 6.33. The highest BCUT2D eigenvalue weighted by atomic mass is 35.5. The topological polar surface area (TPSA) is 31.2 Å². The average Bonchev–Trinajstić information content (AvgIpc) is 2.87. The number of nitrogens with zero attached hydrogens (tertiary/aromatic N) is 1. The van der Waals surface area contributed by atoms with Gasteiger partial charge in [0.2, 0.25) is 0 Å². The molecule has 1 aliphatic heterocycles. The molecule has 0 aromatic carbocycles. The van der Waals surface area contributed by atoms with E-state index in [1.54, 1.807) is 6.92 Å². The number of aryl methyl sites for hydroxylation is 1. The van der Waals surface area contributed by atoms with E-state index >= 15 is 0 Å². The van der Waals surface area contributed by atoms with Crippen molar-refractivity contribution < 1.29 is 9.53 Å². The molecule has 0 aliphatic carbocycles. The van der Waals surface area contributed by atoms with Crippen LogP contribution in [0.1, 0.15) is 42.0 Å². The summed E-state index contributed by atoms with van der Waals surface area (Å²) in [6, 6.07) is 1.96. The molecule has 2 heterocycles. The van der Waals surface area contributed by atoms with E-state index in [4.69, 9.17) is 16.3 Å². The molecule has 1 saturated heterocycles. The van der Waals surface area contributed by atoms with Gasteiger partial charge in [0.05, 0.1) is 11.5 Å². The first kappa shape index (κ1) is 14.6. The highest BCUT2D eigenvalue weighted by Crippen LogP contribution is 2.26. The van der Waals surface area contributed by atoms with Crippen LogP contribution in [-0.4, -0.2) is 28.4 Å². The molecule has 1 aliphatic rings. The van der Waals surface area contributed by atoms with Gasteiger partial charge in [0, 0.05) is 36.0 Å². The Labute approximate surface area is 119 Å². The van der Waals surface area contributed by atoms with Crippen LogP contribution >= 0.6 is 11.6 Å². The molecule has 1 aromatic rings. The molecule has 1 aromatic heterocycles. The molecule has 3 atom stereocenters. The summed E-state index contributed by atoms with van der Waals surface area (Å²) in [5.74, 6) is 0.540. The number of carbonyl (C=O) groups excluding carboxylic acids is 1. The maximum absolute atomic E-state index is 12.1. The Kier molecular flexibility index (Phi) is 4.36. The molecular weight excluding hydrogens is 262 g/mol. The van der Waals surface area contributed by atoms with Crippen LogP contribution in [0.25, 0.3) is 0 Å². The number of ether oxygens (including phenoxy) is 1. The van der Waals surface area contributed by atoms with Crippen LogP contribution in [0.3, 0.4) is 0 Å². The molecule has 3 nitrogen and oxygen atoms in total. The van der Waals surface area contributed by atoms with E-state index < -0.39 is 5.38 Å². The fourth-order valence-corrected chi connectivity index (χ4v) is 2.91. The van der Waals surface area contributed by atoms with Crippen LogP contribution in [0.15, 0.2) is 6.07 Å². The highest BCUT2D eigenvalue weighted by Gasteiger charge is 2.26. The van der Waals surface area contributed by atoms with Crippen molar-refractivity contribution in [2.75, 3.05) is 6.61 Å². The fraction of sp³-hybridized carbons (Fsp3) is 0.667. The van der Waals surface area contributed by atoms with E-state index in [9.17, 15) is 4.79 Å². The number of ketones is 1. The van der Waals surface area contributed by atoms with Gasteiger partial charge in [0.1, 0.15) is 0 Å². The Morgan fingerprint density at radius 3 is 2.79 bits per heavy atom. The second-order valence-electron chi connectivity index (χ2n) is 5.50. The van der Waals surface area contributed by atoms with Crippen LogP contribution in [0.4, 0.5) is 0 Å². The molecular formula is C15H22ClNO2. The van der Waals surface area contributed by atoms with Crippen LogP contribution in [0.5, 0.6) is 0 Å². The molecule has 0 radical (unpaired) electrons. The zero-order valence-corrected chi connectivity index (χ0v) is 12.8. The van der Waals surface area contributed by atoms with E-state index in [0.29, 0.717) is 12.0 Å². The van der Waals surface area contributed by atoms with Crippen molar-refractivity contribution in [2.45, 2.75) is 52.1 Å². The van der Waals surface area contributed by atoms with Gasteiger partial charge in [-0.3, -0.25) is 4.79 Å². The zero-order chi connectivity index (χ0) is 14.2. The van der Waals surface area contributed by atoms with Crippen LogP contribution in [0.2, 0.25) is 0 Å². The van der Waals surface area contributed by atoms with E-state index in [-0.39, 0.29) is 5.78 Å². The van der Waals surface area contributed by atoms with Gasteiger partial charge in [-0.25, -0.2) is 0 Å². The van der Waals surface area contributed by atoms with Crippen molar-refractivity contribution in [3.8, 4) is 0 Å². The molecule has 0 spiro atoms. The van der Waals surface area contributed by atoms with Gasteiger partial charge in [0.25, 0.3) is 0 Å². The van der Waals surface area contributed by atoms with Crippen molar-refractivity contribution in [2.24, 2.45) is 5.92 Å². The first-order valence-corrected chi connectivity index (χ1v) is 7.32. The second-order valence-corrected chi connectivity index (χ2v) is 6.15. The van der Waals surface area contributed by atoms with Crippen molar-refractivity contribution in [1.82, 2.24) is 4.57 Å². The SMILES string of the molecule is Cc1cc(C(=O)C(C)Cl)c(C)n1CC1CCOC1C. The quantitative estimate of drug-likeness (QED) is 0.627. The van der Waals surface area contributed by atoms with E-state index in [0.717, 1.165) is 36.5 Å². The molecule has 4 heteroatoms. The molecule has 106 valence electrons. The number of halogens is 1. The largest absolute Gasteiger partial charge is 0.378 e. The summed E-state index contributed by atoms with van der Waals surface area (Å²) < 4.78 is 7.83. The fourth-order valence-electron chi connectivity index (χ4n) is 2.80. The predicted molar refractivity (Wildman–Crippen MR) is 77.1 cm³/mol. The van der Waals surface area contributed by atoms with Gasteiger partial charge in [0.15, 0.2) is 5.78 Å². The predicted octanol–water partition coefficient (Wildman–Crippen LogP) is 3.34. The lowest BCUT2D eigenvalue weighted by molar-refractivity contribution is 0.0990. The lowest BCUT2D eigenvalue weighted by Crippen LogP contribution is -2.20. The zero-order valence-electron chi connectivity index (χ0n) is 12.1. The van der Waals surface area contributed by atoms with Crippen LogP contribution in [-0.2, 0) is 11.3 Å². The minimum Gasteiger partial charge on any atom is -0.378 e. The standard InChI is InChI=1S/C15H22ClNO2/c1-9-7-14(15(18)10(2)16)11(3)17(9)8-13-5-6-19-12(13)4/h7,10,12-13H,5-6,8H2,1-4H3. The van der Waals surface area contributed by atoms with Crippen molar-refractivity contribution in [1.29, 1.82) is 0 Å². The lowest BCUT2D eigenvalue weighted by atomic mass is 10.0. The maximum atomic E-state index is 12.1. The Morgan fingerprint density at radius 2 is 2.26 bits per heavy atom. The molecule has 0 saturated carbocycles. The molecule has 1 fully saturated rings. The van der Waals surface area contributed by atoms with Crippen molar-refractivity contribution in [3.05, 3.63) is 23.0 Å². The van der Waals surface area contributed by atoms with Crippen molar-refractivity contribution >= 4 is 17.4 Å². The average molecular weight is 284 g/mol. The molecule has 0 amide bonds. The molecule has 19 heavy (non-hydrogen) atoms. The van der Waals surface area contributed by atoms with Crippen molar-refractivity contribution in [3.63, 3.8) is 0 Å². The van der Waals surface area contributed by atoms with Crippen LogP contribution < -0.4 is 0 Å². The van der Waals surface area contributed by atoms with Gasteiger partial charge in [-0.1, -0.05) is 0 Å². The number of Topliss-reactive ketones (excluding diaryl/α,β-unsaturated/α-hetero) is 1. The Bertz CT molecular complexity index is 479. The van der Waals surface area contributed by atoms with Gasteiger partial charge < -0.3 is 9.30 Å².